The number of nitrogens with zero attached hydrogens (tertiary/aromatic N) is 2. The molecule has 2 N–H and O–H groups in total. The minimum absolute atomic E-state index is 0.0530. The number of likely N-dealkylation sites (tertiary alicyclic amines) is 2. The van der Waals surface area contributed by atoms with Gasteiger partial charge in [-0.1, -0.05) is 24.3 Å². The van der Waals surface area contributed by atoms with Crippen LogP contribution in [-0.2, 0) is 0 Å². The van der Waals surface area contributed by atoms with E-state index in [4.69, 9.17) is 0 Å². The monoisotopic (exact) mass is 518 g/mol. The van der Waals surface area contributed by atoms with Gasteiger partial charge in [-0.3, -0.25) is 9.59 Å². The third-order valence-electron chi connectivity index (χ3n) is 9.24. The topological polar surface area (TPSA) is 58.2 Å². The fourth-order valence-corrected chi connectivity index (χ4v) is 6.90. The molecule has 0 atom stereocenters. The Morgan fingerprint density at radius 3 is 1.39 bits per heavy atom. The van der Waals surface area contributed by atoms with Gasteiger partial charge in [-0.05, 0) is 50.7 Å². The van der Waals surface area contributed by atoms with Gasteiger partial charge in [-0.2, -0.15) is 0 Å². The Morgan fingerprint density at radius 2 is 1.00 bits per heavy atom. The normalized spacial score (nSPS) is 19.9. The lowest BCUT2D eigenvalue weighted by molar-refractivity contribution is -0.914. The molecule has 0 amide bonds. The van der Waals surface area contributed by atoms with Gasteiger partial charge in [0.1, 0.15) is 0 Å². The molecule has 2 fully saturated rings. The molecule has 2 heterocycles. The second-order valence-corrected chi connectivity index (χ2v) is 12.4. The van der Waals surface area contributed by atoms with Crippen LogP contribution in [0.15, 0.2) is 36.4 Å². The van der Waals surface area contributed by atoms with Crippen molar-refractivity contribution in [3.63, 3.8) is 0 Å². The van der Waals surface area contributed by atoms with E-state index in [2.05, 4.69) is 24.7 Å². The summed E-state index contributed by atoms with van der Waals surface area (Å²) in [7, 11) is 4.73. The number of quaternary nitrogens is 2. The third kappa shape index (κ3) is 5.81. The molecule has 0 aromatic heterocycles. The summed E-state index contributed by atoms with van der Waals surface area (Å²) in [6.45, 7) is 8.95. The number of fused-ring (bicyclic) bond motifs is 2. The molecule has 0 bridgehead atoms. The summed E-state index contributed by atoms with van der Waals surface area (Å²) in [5.74, 6) is -0.106. The van der Waals surface area contributed by atoms with E-state index in [1.807, 2.05) is 36.4 Å². The van der Waals surface area contributed by atoms with Gasteiger partial charge in [0.05, 0.1) is 64.5 Å². The zero-order valence-electron chi connectivity index (χ0n) is 23.5. The van der Waals surface area contributed by atoms with Crippen LogP contribution in [0.1, 0.15) is 83.2 Å². The lowest BCUT2D eigenvalue weighted by Gasteiger charge is -2.38. The van der Waals surface area contributed by atoms with Gasteiger partial charge in [-0.25, -0.2) is 0 Å². The second-order valence-electron chi connectivity index (χ2n) is 12.4. The molecule has 204 valence electrons. The van der Waals surface area contributed by atoms with Crippen LogP contribution >= 0.6 is 0 Å². The molecule has 2 saturated heterocycles. The molecule has 1 aliphatic carbocycles. The van der Waals surface area contributed by atoms with Crippen molar-refractivity contribution >= 4 is 22.9 Å². The Labute approximate surface area is 228 Å². The van der Waals surface area contributed by atoms with Crippen molar-refractivity contribution in [2.75, 3.05) is 77.1 Å². The maximum absolute atomic E-state index is 13.7. The van der Waals surface area contributed by atoms with Crippen molar-refractivity contribution in [2.24, 2.45) is 0 Å². The van der Waals surface area contributed by atoms with Gasteiger partial charge in [0, 0.05) is 48.4 Å². The van der Waals surface area contributed by atoms with E-state index in [0.29, 0.717) is 22.3 Å². The fraction of sp³-hybridized carbons (Fsp3) is 0.562. The number of anilines is 2. The second kappa shape index (κ2) is 11.6. The Hall–Kier alpha value is -2.70. The van der Waals surface area contributed by atoms with Crippen molar-refractivity contribution in [3.8, 4) is 0 Å². The van der Waals surface area contributed by atoms with Crippen LogP contribution in [0.25, 0.3) is 0 Å². The number of ketones is 2. The van der Waals surface area contributed by atoms with Crippen LogP contribution < -0.4 is 10.6 Å². The Balaban J connectivity index is 1.24. The molecule has 6 heteroatoms. The molecule has 5 rings (SSSR count). The SMILES string of the molecule is C[N+]1(CCCNc2cccc3c2C(=O)c2cccc(NCCC[N+]4(C)CCCCC4)c2C3=O)CCCCC1. The molecule has 2 aromatic rings. The van der Waals surface area contributed by atoms with Crippen molar-refractivity contribution in [3.05, 3.63) is 58.7 Å². The quantitative estimate of drug-likeness (QED) is 0.282. The number of carbonyl (C=O) groups excluding carboxylic acids is 2. The van der Waals surface area contributed by atoms with E-state index < -0.39 is 0 Å². The van der Waals surface area contributed by atoms with E-state index in [1.165, 1.54) is 64.7 Å². The smallest absolute Gasteiger partial charge is 0.196 e. The standard InChI is InChI=1S/C32H44N4O2/c1-35(19-5-3-6-20-35)23-11-17-33-27-15-9-13-25-29(27)31(37)26-14-10-16-28(30(26)32(25)38)34-18-12-24-36(2)21-7-4-8-22-36/h9-10,13-16H,3-8,11-12,17-24H2,1-2H3/p+2. The highest BCUT2D eigenvalue weighted by Crippen LogP contribution is 2.35. The first-order chi connectivity index (χ1) is 18.4. The third-order valence-corrected chi connectivity index (χ3v) is 9.24. The molecule has 3 aliphatic rings. The number of hydrogen-bond acceptors (Lipinski definition) is 4. The van der Waals surface area contributed by atoms with Crippen LogP contribution in [0.5, 0.6) is 0 Å². The maximum atomic E-state index is 13.7. The Bertz CT molecular complexity index is 1070. The summed E-state index contributed by atoms with van der Waals surface area (Å²) in [6, 6.07) is 11.3. The lowest BCUT2D eigenvalue weighted by Crippen LogP contribution is -2.48. The largest absolute Gasteiger partial charge is 0.384 e. The first-order valence-electron chi connectivity index (χ1n) is 14.9. The summed E-state index contributed by atoms with van der Waals surface area (Å²) in [5, 5.41) is 7.00. The van der Waals surface area contributed by atoms with E-state index >= 15 is 0 Å². The summed E-state index contributed by atoms with van der Waals surface area (Å²) >= 11 is 0. The molecule has 0 saturated carbocycles. The molecule has 0 spiro atoms. The summed E-state index contributed by atoms with van der Waals surface area (Å²) in [5.41, 5.74) is 3.66. The Morgan fingerprint density at radius 1 is 0.605 bits per heavy atom. The maximum Gasteiger partial charge on any atom is 0.196 e. The van der Waals surface area contributed by atoms with Gasteiger partial charge >= 0.3 is 0 Å². The lowest BCUT2D eigenvalue weighted by atomic mass is 9.82. The van der Waals surface area contributed by atoms with Crippen LogP contribution in [-0.4, -0.2) is 87.0 Å². The van der Waals surface area contributed by atoms with E-state index in [9.17, 15) is 9.59 Å². The van der Waals surface area contributed by atoms with E-state index in [0.717, 1.165) is 59.4 Å². The van der Waals surface area contributed by atoms with Gasteiger partial charge in [0.15, 0.2) is 11.6 Å². The van der Waals surface area contributed by atoms with E-state index in [1.54, 1.807) is 0 Å². The molecule has 38 heavy (non-hydrogen) atoms. The molecule has 0 radical (unpaired) electrons. The number of hydrogen-bond donors (Lipinski definition) is 2. The van der Waals surface area contributed by atoms with Crippen LogP contribution in [0, 0.1) is 0 Å². The minimum Gasteiger partial charge on any atom is -0.384 e. The average Bonchev–Trinajstić information content (AvgIpc) is 2.93. The molecular formula is C32H46N4O2+2. The zero-order chi connectivity index (χ0) is 26.6. The van der Waals surface area contributed by atoms with E-state index in [-0.39, 0.29) is 11.6 Å². The molecule has 2 aliphatic heterocycles. The van der Waals surface area contributed by atoms with Crippen LogP contribution in [0.2, 0.25) is 0 Å². The summed E-state index contributed by atoms with van der Waals surface area (Å²) < 4.78 is 2.29. The zero-order valence-corrected chi connectivity index (χ0v) is 23.5. The highest BCUT2D eigenvalue weighted by Gasteiger charge is 2.33. The fourth-order valence-electron chi connectivity index (χ4n) is 6.90. The molecule has 6 nitrogen and oxygen atoms in total. The predicted molar refractivity (Wildman–Crippen MR) is 155 cm³/mol. The van der Waals surface area contributed by atoms with Crippen LogP contribution in [0.4, 0.5) is 11.4 Å². The van der Waals surface area contributed by atoms with Crippen molar-refractivity contribution in [2.45, 2.75) is 51.4 Å². The molecular weight excluding hydrogens is 472 g/mol. The highest BCUT2D eigenvalue weighted by atomic mass is 16.1. The predicted octanol–water partition coefficient (Wildman–Crippen LogP) is 5.33. The summed E-state index contributed by atoms with van der Waals surface area (Å²) in [6.07, 6.45) is 10.1. The van der Waals surface area contributed by atoms with Gasteiger partial charge < -0.3 is 19.6 Å². The first-order valence-corrected chi connectivity index (χ1v) is 14.9. The number of piperidine rings is 2. The van der Waals surface area contributed by atoms with Crippen molar-refractivity contribution < 1.29 is 18.6 Å². The van der Waals surface area contributed by atoms with Crippen LogP contribution in [0.3, 0.4) is 0 Å². The van der Waals surface area contributed by atoms with Gasteiger partial charge in [-0.15, -0.1) is 0 Å². The average molecular weight is 519 g/mol. The minimum atomic E-state index is -0.0530. The Kier molecular flexibility index (Phi) is 8.20. The number of benzene rings is 2. The summed E-state index contributed by atoms with van der Waals surface area (Å²) in [4.78, 5) is 27.4. The van der Waals surface area contributed by atoms with Crippen molar-refractivity contribution in [1.29, 1.82) is 0 Å². The number of nitrogens with one attached hydrogen (secondary N) is 2. The first kappa shape index (κ1) is 26.9. The van der Waals surface area contributed by atoms with Gasteiger partial charge in [0.25, 0.3) is 0 Å². The van der Waals surface area contributed by atoms with Gasteiger partial charge in [0.2, 0.25) is 0 Å². The number of carbonyl (C=O) groups is 2. The van der Waals surface area contributed by atoms with Crippen molar-refractivity contribution in [1.82, 2.24) is 0 Å². The number of rotatable bonds is 10. The molecule has 2 aromatic carbocycles. The molecule has 0 unspecified atom stereocenters. The highest BCUT2D eigenvalue weighted by molar-refractivity contribution is 6.31.